The molecular formula is C19H20N2O2. The van der Waals surface area contributed by atoms with Crippen LogP contribution in [0.4, 0.5) is 0 Å². The summed E-state index contributed by atoms with van der Waals surface area (Å²) in [4.78, 5) is 15.7. The second-order valence-corrected chi connectivity index (χ2v) is 5.81. The summed E-state index contributed by atoms with van der Waals surface area (Å²) in [5.41, 5.74) is 4.34. The molecule has 4 heteroatoms. The fourth-order valence-corrected chi connectivity index (χ4v) is 2.75. The summed E-state index contributed by atoms with van der Waals surface area (Å²) in [6.07, 6.45) is -0.718. The summed E-state index contributed by atoms with van der Waals surface area (Å²) in [6, 6.07) is 15.4. The summed E-state index contributed by atoms with van der Waals surface area (Å²) >= 11 is 0. The van der Waals surface area contributed by atoms with Crippen LogP contribution in [-0.4, -0.2) is 22.5 Å². The lowest BCUT2D eigenvalue weighted by Crippen LogP contribution is -2.28. The highest BCUT2D eigenvalue weighted by Gasteiger charge is 2.17. The van der Waals surface area contributed by atoms with Gasteiger partial charge < -0.3 is 15.4 Å². The number of aliphatic hydroxyl groups excluding tert-OH is 1. The maximum Gasteiger partial charge on any atom is 0.253 e. The number of aromatic amines is 1. The molecule has 23 heavy (non-hydrogen) atoms. The molecule has 3 N–H and O–H groups in total. The number of nitrogens with one attached hydrogen (secondary N) is 2. The van der Waals surface area contributed by atoms with Crippen molar-refractivity contribution in [1.82, 2.24) is 10.3 Å². The highest BCUT2D eigenvalue weighted by Crippen LogP contribution is 2.22. The van der Waals surface area contributed by atoms with Gasteiger partial charge in [-0.15, -0.1) is 0 Å². The van der Waals surface area contributed by atoms with Gasteiger partial charge in [-0.3, -0.25) is 4.79 Å². The zero-order valence-electron chi connectivity index (χ0n) is 13.3. The third-order valence-corrected chi connectivity index (χ3v) is 4.04. The van der Waals surface area contributed by atoms with Gasteiger partial charge in [0.05, 0.1) is 11.7 Å². The number of hydrogen-bond donors (Lipinski definition) is 3. The summed E-state index contributed by atoms with van der Waals surface area (Å²) in [5.74, 6) is -0.175. The molecule has 0 aliphatic carbocycles. The first-order valence-corrected chi connectivity index (χ1v) is 7.66. The molecule has 0 aliphatic rings. The number of H-pyrrole nitrogens is 1. The molecule has 2 aromatic carbocycles. The van der Waals surface area contributed by atoms with E-state index in [1.54, 1.807) is 0 Å². The average Bonchev–Trinajstić information content (AvgIpc) is 2.88. The smallest absolute Gasteiger partial charge is 0.253 e. The van der Waals surface area contributed by atoms with Gasteiger partial charge in [-0.2, -0.15) is 0 Å². The molecule has 1 atom stereocenters. The van der Waals surface area contributed by atoms with E-state index in [9.17, 15) is 9.90 Å². The minimum Gasteiger partial charge on any atom is -0.387 e. The Kier molecular flexibility index (Phi) is 4.17. The van der Waals surface area contributed by atoms with Crippen LogP contribution in [0.15, 0.2) is 48.5 Å². The van der Waals surface area contributed by atoms with Crippen molar-refractivity contribution >= 4 is 16.8 Å². The molecule has 1 heterocycles. The SMILES string of the molecule is Cc1ccc(C(O)CNC(=O)c2c(C)[nH]c3ccccc23)cc1. The number of fused-ring (bicyclic) bond motifs is 1. The van der Waals surface area contributed by atoms with Crippen molar-refractivity contribution in [1.29, 1.82) is 0 Å². The molecule has 0 saturated heterocycles. The minimum absolute atomic E-state index is 0.175. The van der Waals surface area contributed by atoms with Crippen LogP contribution in [0.2, 0.25) is 0 Å². The monoisotopic (exact) mass is 308 g/mol. The molecular weight excluding hydrogens is 288 g/mol. The topological polar surface area (TPSA) is 65.1 Å². The van der Waals surface area contributed by atoms with Gasteiger partial charge in [0.2, 0.25) is 0 Å². The highest BCUT2D eigenvalue weighted by atomic mass is 16.3. The van der Waals surface area contributed by atoms with Gasteiger partial charge in [0.15, 0.2) is 0 Å². The normalized spacial score (nSPS) is 12.3. The Morgan fingerprint density at radius 2 is 1.83 bits per heavy atom. The van der Waals surface area contributed by atoms with Crippen molar-refractivity contribution in [3.8, 4) is 0 Å². The first kappa shape index (κ1) is 15.3. The number of carbonyl (C=O) groups is 1. The maximum absolute atomic E-state index is 12.5. The minimum atomic E-state index is -0.718. The van der Waals surface area contributed by atoms with Crippen LogP contribution in [-0.2, 0) is 0 Å². The van der Waals surface area contributed by atoms with Gasteiger partial charge in [-0.25, -0.2) is 0 Å². The summed E-state index contributed by atoms with van der Waals surface area (Å²) < 4.78 is 0. The van der Waals surface area contributed by atoms with Gasteiger partial charge >= 0.3 is 0 Å². The molecule has 1 amide bonds. The summed E-state index contributed by atoms with van der Waals surface area (Å²) in [7, 11) is 0. The summed E-state index contributed by atoms with van der Waals surface area (Å²) in [5, 5.41) is 13.9. The quantitative estimate of drug-likeness (QED) is 0.692. The molecule has 0 fully saturated rings. The standard InChI is InChI=1S/C19H20N2O2/c1-12-7-9-14(10-8-12)17(22)11-20-19(23)18-13(2)21-16-6-4-3-5-15(16)18/h3-10,17,21-22H,11H2,1-2H3,(H,20,23). The van der Waals surface area contributed by atoms with E-state index >= 15 is 0 Å². The lowest BCUT2D eigenvalue weighted by atomic mass is 10.1. The predicted octanol–water partition coefficient (Wildman–Crippen LogP) is 3.25. The molecule has 118 valence electrons. The summed E-state index contributed by atoms with van der Waals surface area (Å²) in [6.45, 7) is 4.06. The molecule has 0 bridgehead atoms. The van der Waals surface area contributed by atoms with E-state index in [4.69, 9.17) is 0 Å². The number of amides is 1. The molecule has 0 saturated carbocycles. The number of benzene rings is 2. The third kappa shape index (κ3) is 3.12. The van der Waals surface area contributed by atoms with Crippen molar-refractivity contribution in [2.45, 2.75) is 20.0 Å². The first-order chi connectivity index (χ1) is 11.1. The van der Waals surface area contributed by atoms with E-state index in [1.165, 1.54) is 0 Å². The van der Waals surface area contributed by atoms with E-state index in [1.807, 2.05) is 62.4 Å². The molecule has 1 aromatic heterocycles. The highest BCUT2D eigenvalue weighted by molar-refractivity contribution is 6.08. The van der Waals surface area contributed by atoms with Crippen LogP contribution < -0.4 is 5.32 Å². The number of hydrogen-bond acceptors (Lipinski definition) is 2. The van der Waals surface area contributed by atoms with Gasteiger partial charge in [-0.1, -0.05) is 48.0 Å². The second kappa shape index (κ2) is 6.26. The largest absolute Gasteiger partial charge is 0.387 e. The Bertz CT molecular complexity index is 834. The number of rotatable bonds is 4. The lowest BCUT2D eigenvalue weighted by molar-refractivity contribution is 0.0917. The third-order valence-electron chi connectivity index (χ3n) is 4.04. The molecule has 0 spiro atoms. The van der Waals surface area contributed by atoms with E-state index in [-0.39, 0.29) is 12.5 Å². The zero-order valence-corrected chi connectivity index (χ0v) is 13.3. The Hall–Kier alpha value is -2.59. The number of aryl methyl sites for hydroxylation is 2. The molecule has 4 nitrogen and oxygen atoms in total. The molecule has 0 aliphatic heterocycles. The van der Waals surface area contributed by atoms with Crippen molar-refractivity contribution in [2.24, 2.45) is 0 Å². The fourth-order valence-electron chi connectivity index (χ4n) is 2.75. The Labute approximate surface area is 135 Å². The first-order valence-electron chi connectivity index (χ1n) is 7.66. The Morgan fingerprint density at radius 1 is 1.13 bits per heavy atom. The van der Waals surface area contributed by atoms with Crippen LogP contribution in [0.5, 0.6) is 0 Å². The van der Waals surface area contributed by atoms with Crippen LogP contribution in [0.25, 0.3) is 10.9 Å². The number of para-hydroxylation sites is 1. The molecule has 1 unspecified atom stereocenters. The fraction of sp³-hybridized carbons (Fsp3) is 0.211. The van der Waals surface area contributed by atoms with Crippen molar-refractivity contribution < 1.29 is 9.90 Å². The maximum atomic E-state index is 12.5. The Balaban J connectivity index is 1.74. The number of aliphatic hydroxyl groups is 1. The van der Waals surface area contributed by atoms with E-state index < -0.39 is 6.10 Å². The van der Waals surface area contributed by atoms with E-state index in [0.717, 1.165) is 27.7 Å². The van der Waals surface area contributed by atoms with Crippen LogP contribution >= 0.6 is 0 Å². The number of aromatic nitrogens is 1. The predicted molar refractivity (Wildman–Crippen MR) is 91.5 cm³/mol. The van der Waals surface area contributed by atoms with Gasteiger partial charge in [-0.05, 0) is 25.5 Å². The van der Waals surface area contributed by atoms with Crippen molar-refractivity contribution in [3.63, 3.8) is 0 Å². The van der Waals surface area contributed by atoms with Crippen molar-refractivity contribution in [3.05, 3.63) is 70.9 Å². The molecule has 0 radical (unpaired) electrons. The lowest BCUT2D eigenvalue weighted by Gasteiger charge is -2.12. The average molecular weight is 308 g/mol. The zero-order chi connectivity index (χ0) is 16.4. The van der Waals surface area contributed by atoms with Gasteiger partial charge in [0.25, 0.3) is 5.91 Å². The van der Waals surface area contributed by atoms with Crippen LogP contribution in [0.1, 0.15) is 33.3 Å². The van der Waals surface area contributed by atoms with Gasteiger partial charge in [0.1, 0.15) is 0 Å². The second-order valence-electron chi connectivity index (χ2n) is 5.81. The van der Waals surface area contributed by atoms with Crippen molar-refractivity contribution in [2.75, 3.05) is 6.54 Å². The van der Waals surface area contributed by atoms with E-state index in [2.05, 4.69) is 10.3 Å². The van der Waals surface area contributed by atoms with Crippen LogP contribution in [0.3, 0.4) is 0 Å². The number of carbonyl (C=O) groups excluding carboxylic acids is 1. The van der Waals surface area contributed by atoms with E-state index in [0.29, 0.717) is 5.56 Å². The Morgan fingerprint density at radius 3 is 2.57 bits per heavy atom. The molecule has 3 rings (SSSR count). The van der Waals surface area contributed by atoms with Gasteiger partial charge in [0, 0.05) is 23.1 Å². The van der Waals surface area contributed by atoms with Crippen LogP contribution in [0, 0.1) is 13.8 Å². The molecule has 3 aromatic rings.